The van der Waals surface area contributed by atoms with Gasteiger partial charge in [0.1, 0.15) is 29.0 Å². The van der Waals surface area contributed by atoms with E-state index in [2.05, 4.69) is 15.1 Å². The summed E-state index contributed by atoms with van der Waals surface area (Å²) in [6, 6.07) is 4.34. The Morgan fingerprint density at radius 2 is 1.94 bits per heavy atom. The van der Waals surface area contributed by atoms with Gasteiger partial charge in [-0.15, -0.1) is 0 Å². The molecule has 35 heavy (non-hydrogen) atoms. The standard InChI is InChI=1S/C24H25ClFN7O2/c1-13-28-20-19(16-7-6-15(25)8-17(16)26)29-23(30-21(20)22(34)32(13)5)33-11-18(35-24(2,3)12-33)14-9-27-31(4)10-14/h6-10,18H,11-12H2,1-5H3/t18-/m1/s1. The van der Waals surface area contributed by atoms with Crippen LogP contribution in [-0.2, 0) is 18.8 Å². The first-order chi connectivity index (χ1) is 16.5. The van der Waals surface area contributed by atoms with Crippen LogP contribution < -0.4 is 10.5 Å². The van der Waals surface area contributed by atoms with Gasteiger partial charge in [0.05, 0.1) is 18.3 Å². The second-order valence-corrected chi connectivity index (χ2v) is 9.85. The van der Waals surface area contributed by atoms with Gasteiger partial charge in [-0.25, -0.2) is 19.3 Å². The third-order valence-electron chi connectivity index (χ3n) is 6.12. The molecule has 0 saturated carbocycles. The van der Waals surface area contributed by atoms with Gasteiger partial charge < -0.3 is 9.64 Å². The maximum absolute atomic E-state index is 15.0. The van der Waals surface area contributed by atoms with Crippen molar-refractivity contribution in [1.82, 2.24) is 29.3 Å². The summed E-state index contributed by atoms with van der Waals surface area (Å²) in [5.74, 6) is 0.215. The Bertz CT molecular complexity index is 1510. The van der Waals surface area contributed by atoms with Gasteiger partial charge >= 0.3 is 0 Å². The lowest BCUT2D eigenvalue weighted by Gasteiger charge is -2.42. The fraction of sp³-hybridized carbons (Fsp3) is 0.375. The number of fused-ring (bicyclic) bond motifs is 1. The molecule has 9 nitrogen and oxygen atoms in total. The van der Waals surface area contributed by atoms with E-state index in [0.717, 1.165) is 5.56 Å². The lowest BCUT2D eigenvalue weighted by Crippen LogP contribution is -2.50. The van der Waals surface area contributed by atoms with E-state index in [1.807, 2.05) is 32.0 Å². The van der Waals surface area contributed by atoms with E-state index in [9.17, 15) is 4.79 Å². The van der Waals surface area contributed by atoms with Crippen LogP contribution in [0.25, 0.3) is 22.3 Å². The molecule has 0 unspecified atom stereocenters. The number of ether oxygens (including phenoxy) is 1. The van der Waals surface area contributed by atoms with Crippen LogP contribution in [0.5, 0.6) is 0 Å². The summed E-state index contributed by atoms with van der Waals surface area (Å²) in [5, 5.41) is 4.52. The molecule has 0 aliphatic carbocycles. The first-order valence-corrected chi connectivity index (χ1v) is 11.5. The lowest BCUT2D eigenvalue weighted by atomic mass is 10.0. The van der Waals surface area contributed by atoms with Crippen LogP contribution in [0.15, 0.2) is 35.4 Å². The summed E-state index contributed by atoms with van der Waals surface area (Å²) in [7, 11) is 3.48. The highest BCUT2D eigenvalue weighted by atomic mass is 35.5. The fourth-order valence-electron chi connectivity index (χ4n) is 4.37. The van der Waals surface area contributed by atoms with Crippen LogP contribution in [0.1, 0.15) is 31.3 Å². The molecule has 1 aliphatic rings. The minimum Gasteiger partial charge on any atom is -0.364 e. The van der Waals surface area contributed by atoms with Gasteiger partial charge in [-0.3, -0.25) is 14.0 Å². The molecule has 1 aromatic carbocycles. The van der Waals surface area contributed by atoms with E-state index in [0.29, 0.717) is 24.9 Å². The number of aromatic nitrogens is 6. The van der Waals surface area contributed by atoms with Crippen molar-refractivity contribution in [2.24, 2.45) is 14.1 Å². The van der Waals surface area contributed by atoms with E-state index < -0.39 is 11.4 Å². The molecule has 1 atom stereocenters. The summed E-state index contributed by atoms with van der Waals surface area (Å²) in [4.78, 5) is 29.0. The summed E-state index contributed by atoms with van der Waals surface area (Å²) in [5.41, 5.74) is 0.842. The van der Waals surface area contributed by atoms with Gasteiger partial charge in [0.25, 0.3) is 5.56 Å². The number of rotatable bonds is 3. The maximum atomic E-state index is 15.0. The van der Waals surface area contributed by atoms with E-state index >= 15 is 4.39 Å². The van der Waals surface area contributed by atoms with E-state index in [4.69, 9.17) is 21.3 Å². The second-order valence-electron chi connectivity index (χ2n) is 9.41. The van der Waals surface area contributed by atoms with Gasteiger partial charge in [-0.2, -0.15) is 5.10 Å². The normalized spacial score (nSPS) is 17.8. The molecule has 0 spiro atoms. The summed E-state index contributed by atoms with van der Waals surface area (Å²) >= 11 is 5.98. The van der Waals surface area contributed by atoms with Crippen molar-refractivity contribution in [1.29, 1.82) is 0 Å². The van der Waals surface area contributed by atoms with Crippen molar-refractivity contribution in [2.75, 3.05) is 18.0 Å². The average Bonchev–Trinajstić information content (AvgIpc) is 3.23. The number of hydrogen-bond donors (Lipinski definition) is 0. The van der Waals surface area contributed by atoms with Gasteiger partial charge in [-0.1, -0.05) is 11.6 Å². The molecular weight excluding hydrogens is 473 g/mol. The molecule has 1 saturated heterocycles. The maximum Gasteiger partial charge on any atom is 0.279 e. The van der Waals surface area contributed by atoms with Gasteiger partial charge in [0, 0.05) is 43.0 Å². The molecule has 1 aliphatic heterocycles. The molecule has 0 bridgehead atoms. The molecule has 3 aromatic heterocycles. The molecule has 1 fully saturated rings. The first kappa shape index (κ1) is 23.4. The van der Waals surface area contributed by atoms with Gasteiger partial charge in [-0.05, 0) is 39.0 Å². The van der Waals surface area contributed by atoms with Gasteiger partial charge in [0.15, 0.2) is 5.52 Å². The number of aryl methyl sites for hydroxylation is 2. The molecule has 5 rings (SSSR count). The molecule has 0 N–H and O–H groups in total. The second kappa shape index (κ2) is 8.39. The topological polar surface area (TPSA) is 91.0 Å². The highest BCUT2D eigenvalue weighted by Crippen LogP contribution is 2.35. The van der Waals surface area contributed by atoms with Crippen LogP contribution in [0.3, 0.4) is 0 Å². The summed E-state index contributed by atoms with van der Waals surface area (Å²) < 4.78 is 24.5. The Morgan fingerprint density at radius 3 is 2.63 bits per heavy atom. The van der Waals surface area contributed by atoms with Crippen LogP contribution >= 0.6 is 11.6 Å². The Balaban J connectivity index is 1.71. The van der Waals surface area contributed by atoms with Gasteiger partial charge in [0.2, 0.25) is 5.95 Å². The van der Waals surface area contributed by atoms with E-state index in [-0.39, 0.29) is 39.0 Å². The number of anilines is 1. The summed E-state index contributed by atoms with van der Waals surface area (Å²) in [6.07, 6.45) is 3.38. The molecule has 11 heteroatoms. The third-order valence-corrected chi connectivity index (χ3v) is 6.36. The minimum atomic E-state index is -0.556. The van der Waals surface area contributed by atoms with E-state index in [1.165, 1.54) is 10.6 Å². The van der Waals surface area contributed by atoms with Crippen molar-refractivity contribution < 1.29 is 9.13 Å². The fourth-order valence-corrected chi connectivity index (χ4v) is 4.53. The first-order valence-electron chi connectivity index (χ1n) is 11.1. The smallest absolute Gasteiger partial charge is 0.279 e. The highest BCUT2D eigenvalue weighted by Gasteiger charge is 2.36. The quantitative estimate of drug-likeness (QED) is 0.427. The molecule has 4 heterocycles. The molecule has 4 aromatic rings. The Hall–Kier alpha value is -3.37. The molecule has 0 amide bonds. The Kier molecular flexibility index (Phi) is 5.60. The Morgan fingerprint density at radius 1 is 1.17 bits per heavy atom. The zero-order valence-electron chi connectivity index (χ0n) is 20.1. The van der Waals surface area contributed by atoms with Crippen LogP contribution in [-0.4, -0.2) is 48.0 Å². The van der Waals surface area contributed by atoms with Crippen molar-refractivity contribution in [3.63, 3.8) is 0 Å². The highest BCUT2D eigenvalue weighted by molar-refractivity contribution is 6.30. The number of benzene rings is 1. The van der Waals surface area contributed by atoms with Crippen LogP contribution in [0.2, 0.25) is 5.02 Å². The van der Waals surface area contributed by atoms with Crippen molar-refractivity contribution >= 4 is 28.6 Å². The lowest BCUT2D eigenvalue weighted by molar-refractivity contribution is -0.0859. The largest absolute Gasteiger partial charge is 0.364 e. The monoisotopic (exact) mass is 497 g/mol. The van der Waals surface area contributed by atoms with Crippen molar-refractivity contribution in [3.8, 4) is 11.3 Å². The SMILES string of the molecule is Cc1nc2c(-c3ccc(Cl)cc3F)nc(N3C[C@H](c4cnn(C)c4)OC(C)(C)C3)nc2c(=O)n1C. The number of halogens is 2. The zero-order valence-corrected chi connectivity index (χ0v) is 20.8. The van der Waals surface area contributed by atoms with E-state index in [1.54, 1.807) is 37.0 Å². The molecular formula is C24H25ClFN7O2. The Labute approximate surface area is 206 Å². The predicted molar refractivity (Wildman–Crippen MR) is 131 cm³/mol. The number of morpholine rings is 1. The molecule has 0 radical (unpaired) electrons. The van der Waals surface area contributed by atoms with Crippen LogP contribution in [0, 0.1) is 12.7 Å². The molecule has 182 valence electrons. The predicted octanol–water partition coefficient (Wildman–Crippen LogP) is 3.58. The zero-order chi connectivity index (χ0) is 25.1. The van der Waals surface area contributed by atoms with Crippen molar-refractivity contribution in [3.05, 3.63) is 63.2 Å². The average molecular weight is 498 g/mol. The van der Waals surface area contributed by atoms with Crippen molar-refractivity contribution in [2.45, 2.75) is 32.5 Å². The minimum absolute atomic E-state index is 0.120. The third kappa shape index (κ3) is 4.28. The van der Waals surface area contributed by atoms with Crippen LogP contribution in [0.4, 0.5) is 10.3 Å². The summed E-state index contributed by atoms with van der Waals surface area (Å²) in [6.45, 7) is 6.57. The number of hydrogen-bond acceptors (Lipinski definition) is 7. The number of nitrogens with zero attached hydrogens (tertiary/aromatic N) is 7.